The molecule has 0 unspecified atom stereocenters. The van der Waals surface area contributed by atoms with Crippen LogP contribution in [0.25, 0.3) is 134 Å². The van der Waals surface area contributed by atoms with E-state index in [1.165, 1.54) is 240 Å². The minimum absolute atomic E-state index is 0.0991. The molecule has 10 nitrogen and oxygen atoms in total. The largest absolute Gasteiger partial charge is 0.238 e. The van der Waals surface area contributed by atoms with Crippen molar-refractivity contribution in [3.8, 4) is 56.3 Å². The smallest absolute Gasteiger partial charge is 0.219 e. The van der Waals surface area contributed by atoms with Crippen LogP contribution >= 0.6 is 0 Å². The first-order valence-electron chi connectivity index (χ1n) is 51.9. The Hall–Kier alpha value is -13.8. The van der Waals surface area contributed by atoms with Crippen molar-refractivity contribution in [2.75, 3.05) is 0 Å². The molecule has 3 fully saturated rings. The van der Waals surface area contributed by atoms with Crippen molar-refractivity contribution in [2.45, 2.75) is 215 Å². The summed E-state index contributed by atoms with van der Waals surface area (Å²) in [5, 5.41) is 20.7. The van der Waals surface area contributed by atoms with Gasteiger partial charge in [0.1, 0.15) is 35.2 Å². The summed E-state index contributed by atoms with van der Waals surface area (Å²) in [4.78, 5) is 18.5. The van der Waals surface area contributed by atoms with Gasteiger partial charge in [-0.2, -0.15) is 0 Å². The highest BCUT2D eigenvalue weighted by Crippen LogP contribution is 2.44. The SMILES string of the molecule is [C-]#[N+]c1cc(C)c(C)c(-c2c3ccc([Si](C)(C)C(C)(C)c4ccccc4)cc3cc[n+]2C)c1.[C-]#[N+]c1cc(C)c(C)c(-c2c3ccc([Si](C)(C)Cc4ccccc4)cc3cc[n+]2C)c1.[C-]#[N+]c1cc(C)c(C)c(-c2c3ccc([Si]4(C)CCC4)cc3cc[n+]2C)c1.[C-]#[N+]c1cc(C)c(C)c(-c2c3ccc([Si]4(C)CCCC4)cc3cc[n+]2C)c1.[C-]#[N+]c1cc(C)c(C)c(-c2c3ccc([Si]4(C)CCCCC4)cc3cc[n+]2C)c1. The highest BCUT2D eigenvalue weighted by Gasteiger charge is 2.43. The lowest BCUT2D eigenvalue weighted by Crippen LogP contribution is -2.57. The van der Waals surface area contributed by atoms with Crippen LogP contribution in [-0.2, 0) is 46.3 Å². The van der Waals surface area contributed by atoms with E-state index in [1.807, 2.05) is 54.6 Å². The van der Waals surface area contributed by atoms with E-state index in [0.717, 1.165) is 28.3 Å². The van der Waals surface area contributed by atoms with E-state index in [1.54, 1.807) is 15.6 Å². The van der Waals surface area contributed by atoms with Gasteiger partial charge in [0.15, 0.2) is 59.4 Å². The third-order valence-electron chi connectivity index (χ3n) is 34.1. The molecule has 12 aromatic carbocycles. The van der Waals surface area contributed by atoms with Crippen molar-refractivity contribution in [1.29, 1.82) is 0 Å². The molecular formula is C130H143N10Si5+5. The zero-order valence-electron chi connectivity index (χ0n) is 90.1. The second kappa shape index (κ2) is 42.5. The molecule has 3 saturated heterocycles. The summed E-state index contributed by atoms with van der Waals surface area (Å²) in [6, 6.07) is 98.4. The molecule has 0 N–H and O–H groups in total. The number of fused-ring (bicyclic) bond motifs is 5. The van der Waals surface area contributed by atoms with Gasteiger partial charge in [-0.3, -0.25) is 0 Å². The van der Waals surface area contributed by atoms with Gasteiger partial charge in [0, 0.05) is 58.1 Å². The normalized spacial score (nSPS) is 14.0. The summed E-state index contributed by atoms with van der Waals surface area (Å²) >= 11 is 0. The first-order valence-corrected chi connectivity index (χ1v) is 66.8. The van der Waals surface area contributed by atoms with Crippen LogP contribution in [0.3, 0.4) is 0 Å². The van der Waals surface area contributed by atoms with Gasteiger partial charge in [-0.05, 0) is 201 Å². The van der Waals surface area contributed by atoms with Crippen LogP contribution in [0.5, 0.6) is 0 Å². The molecule has 15 heteroatoms. The number of hydrogen-bond donors (Lipinski definition) is 0. The Bertz CT molecular complexity index is 8180. The molecular weight excluding hydrogens is 1840 g/mol. The predicted octanol–water partition coefficient (Wildman–Crippen LogP) is 29.9. The highest BCUT2D eigenvalue weighted by atomic mass is 28.3. The van der Waals surface area contributed by atoms with Gasteiger partial charge in [0.25, 0.3) is 0 Å². The summed E-state index contributed by atoms with van der Waals surface area (Å²) in [7, 11) is 3.25. The van der Waals surface area contributed by atoms with Crippen molar-refractivity contribution < 1.29 is 22.8 Å². The molecule has 728 valence electrons. The van der Waals surface area contributed by atoms with E-state index >= 15 is 0 Å². The third kappa shape index (κ3) is 21.0. The van der Waals surface area contributed by atoms with E-state index in [4.69, 9.17) is 32.9 Å². The number of benzene rings is 12. The fourth-order valence-corrected chi connectivity index (χ4v) is 39.0. The Morgan fingerprint density at radius 2 is 0.531 bits per heavy atom. The van der Waals surface area contributed by atoms with Crippen LogP contribution in [0, 0.1) is 102 Å². The topological polar surface area (TPSA) is 41.2 Å². The Morgan fingerprint density at radius 1 is 0.283 bits per heavy atom. The lowest BCUT2D eigenvalue weighted by atomic mass is 9.96. The molecule has 0 amide bonds. The predicted molar refractivity (Wildman–Crippen MR) is 626 cm³/mol. The monoisotopic (exact) mass is 1980 g/mol. The number of pyridine rings is 5. The van der Waals surface area contributed by atoms with E-state index in [9.17, 15) is 0 Å². The Morgan fingerprint density at radius 3 is 0.807 bits per heavy atom. The quantitative estimate of drug-likeness (QED) is 0.0592. The van der Waals surface area contributed by atoms with Crippen LogP contribution in [0.2, 0.25) is 82.1 Å². The summed E-state index contributed by atoms with van der Waals surface area (Å²) < 4.78 is 11.0. The molecule has 17 aromatic rings. The molecule has 8 heterocycles. The minimum atomic E-state index is -1.86. The van der Waals surface area contributed by atoms with Gasteiger partial charge in [-0.25, -0.2) is 47.1 Å². The van der Waals surface area contributed by atoms with Crippen molar-refractivity contribution in [1.82, 2.24) is 0 Å². The molecule has 0 atom stereocenters. The average Bonchev–Trinajstić information content (AvgIpc) is 0.833. The molecule has 0 radical (unpaired) electrons. The third-order valence-corrected chi connectivity index (χ3v) is 56.3. The van der Waals surface area contributed by atoms with Crippen molar-refractivity contribution in [3.63, 3.8) is 0 Å². The first kappa shape index (κ1) is 104. The summed E-state index contributed by atoms with van der Waals surface area (Å²) in [6.45, 7) is 81.0. The summed E-state index contributed by atoms with van der Waals surface area (Å²) in [5.41, 5.74) is 30.2. The summed E-state index contributed by atoms with van der Waals surface area (Å²) in [5.74, 6) is 0. The molecule has 5 aromatic heterocycles. The Labute approximate surface area is 868 Å². The summed E-state index contributed by atoms with van der Waals surface area (Å²) in [6.07, 6.45) is 19.2. The van der Waals surface area contributed by atoms with E-state index in [2.05, 4.69) is 430 Å². The van der Waals surface area contributed by atoms with Crippen molar-refractivity contribution in [2.24, 2.45) is 35.2 Å². The number of hydrogen-bond acceptors (Lipinski definition) is 0. The molecule has 3 aliphatic rings. The minimum Gasteiger partial charge on any atom is -0.238 e. The molecule has 0 bridgehead atoms. The lowest BCUT2D eigenvalue weighted by Gasteiger charge is -2.41. The Kier molecular flexibility index (Phi) is 30.5. The van der Waals surface area contributed by atoms with Crippen LogP contribution in [0.1, 0.15) is 119 Å². The van der Waals surface area contributed by atoms with E-state index < -0.39 is 40.4 Å². The maximum atomic E-state index is 7.54. The maximum Gasteiger partial charge on any atom is 0.219 e. The molecule has 145 heavy (non-hydrogen) atoms. The van der Waals surface area contributed by atoms with E-state index in [-0.39, 0.29) is 5.04 Å². The van der Waals surface area contributed by atoms with Gasteiger partial charge in [0.2, 0.25) is 28.5 Å². The van der Waals surface area contributed by atoms with Gasteiger partial charge < -0.3 is 0 Å². The molecule has 3 aliphatic heterocycles. The lowest BCUT2D eigenvalue weighted by molar-refractivity contribution is -0.659. The average molecular weight is 1990 g/mol. The van der Waals surface area contributed by atoms with Gasteiger partial charge in [-0.15, -0.1) is 0 Å². The number of nitrogens with zero attached hydrogens (tertiary/aromatic N) is 10. The number of aryl methyl sites for hydroxylation is 10. The maximum absolute atomic E-state index is 7.54. The van der Waals surface area contributed by atoms with Gasteiger partial charge >= 0.3 is 0 Å². The zero-order chi connectivity index (χ0) is 104. The molecule has 20 rings (SSSR count). The number of rotatable bonds is 14. The van der Waals surface area contributed by atoms with Crippen molar-refractivity contribution >= 4 is 149 Å². The number of aromatic nitrogens is 5. The second-order valence-corrected chi connectivity index (χ2v) is 68.5. The van der Waals surface area contributed by atoms with Crippen LogP contribution < -0.4 is 48.8 Å². The van der Waals surface area contributed by atoms with Gasteiger partial charge in [-0.1, -0.05) is 345 Å². The standard InChI is InChI=1S/C30H33N2Si.C28H29N2Si.C25H29N2Si.C24H27N2Si.C23H25N2Si/c1-21-18-25(31-5)20-28(22(21)2)29-27-15-14-26(19-23(27)16-17-32(29)6)33(7,8)30(3,4)24-12-10-9-11-13-24;1-20-16-24(29-3)18-27(21(20)2)28-26-13-12-25(17-23(26)14-15-30(28)4)31(5,6)19-22-10-8-7-9-11-22;1-18-15-21(26-3)17-24(19(18)2)25-23-10-9-22(16-20(23)11-12-27(25)4)28(5)13-7-6-8-14-28;1-17-14-20(25-3)16-23(18(17)2)24-22-9-8-21(27(5)12-6-7-13-27)15-19(22)10-11-26(24)4;1-16-13-19(24-3)15-22(17(16)2)23-21-8-7-20(26(5)11-6-12-26)14-18(21)9-10-25(23)4/h9-20H,1-4,6-8H3;7-18H,19H2,1-2,4-6H3;9-12,15-17H,6-8,13-14H2,1-2,4-5H3;8-11,14-16H,6-7,12-13H2,1-2,4-5H3;7-10,13-15H,6,11-12H2,1-2,4-5H3/q5*+1. The van der Waals surface area contributed by atoms with E-state index in [0.29, 0.717) is 28.4 Å². The molecule has 0 saturated carbocycles. The van der Waals surface area contributed by atoms with Crippen LogP contribution in [-0.4, -0.2) is 40.4 Å². The fraction of sp³-hybridized carbons (Fsp3) is 0.292. The second-order valence-electron chi connectivity index (χ2n) is 44.6. The zero-order valence-corrected chi connectivity index (χ0v) is 95.1. The molecule has 0 aliphatic carbocycles. The Balaban J connectivity index is 0.000000130. The van der Waals surface area contributed by atoms with Crippen LogP contribution in [0.15, 0.2) is 274 Å². The highest BCUT2D eigenvalue weighted by molar-refractivity contribution is 6.94. The van der Waals surface area contributed by atoms with Crippen molar-refractivity contribution in [3.05, 3.63) is 397 Å². The fourth-order valence-electron chi connectivity index (χ4n) is 23.1. The van der Waals surface area contributed by atoms with Gasteiger partial charge in [0.05, 0.1) is 100 Å². The first-order chi connectivity index (χ1) is 69.1. The van der Waals surface area contributed by atoms with Crippen LogP contribution in [0.4, 0.5) is 28.4 Å². The molecule has 0 spiro atoms.